The molecule has 0 saturated heterocycles. The largest absolute Gasteiger partial charge is 0.435 e. The first-order valence-electron chi connectivity index (χ1n) is 7.42. The fourth-order valence-electron chi connectivity index (χ4n) is 2.09. The van der Waals surface area contributed by atoms with Gasteiger partial charge in [-0.15, -0.1) is 0 Å². The second kappa shape index (κ2) is 8.39. The molecule has 1 aromatic heterocycles. The molecule has 2 rings (SSSR count). The Morgan fingerprint density at radius 1 is 1.38 bits per heavy atom. The molecule has 0 bridgehead atoms. The zero-order chi connectivity index (χ0) is 17.5. The third-order valence-corrected chi connectivity index (χ3v) is 3.31. The van der Waals surface area contributed by atoms with Crippen LogP contribution in [0.5, 0.6) is 5.75 Å². The maximum atomic E-state index is 12.1. The molecule has 130 valence electrons. The first-order chi connectivity index (χ1) is 11.4. The number of benzene rings is 1. The van der Waals surface area contributed by atoms with Gasteiger partial charge in [0.1, 0.15) is 5.75 Å². The first-order valence-corrected chi connectivity index (χ1v) is 7.42. The summed E-state index contributed by atoms with van der Waals surface area (Å²) < 4.78 is 30.0. The van der Waals surface area contributed by atoms with E-state index < -0.39 is 12.7 Å². The Kier molecular flexibility index (Phi) is 6.25. The fourth-order valence-corrected chi connectivity index (χ4v) is 2.09. The van der Waals surface area contributed by atoms with Gasteiger partial charge in [0.25, 0.3) is 0 Å². The summed E-state index contributed by atoms with van der Waals surface area (Å²) in [6.07, 6.45) is 2.87. The van der Waals surface area contributed by atoms with Crippen LogP contribution in [-0.2, 0) is 11.3 Å². The number of nitrogens with zero attached hydrogens (tertiary/aromatic N) is 2. The van der Waals surface area contributed by atoms with E-state index in [0.29, 0.717) is 12.1 Å². The molecule has 1 aromatic carbocycles. The van der Waals surface area contributed by atoms with Gasteiger partial charge >= 0.3 is 6.61 Å². The smallest absolute Gasteiger partial charge is 0.387 e. The molecule has 2 N–H and O–H groups in total. The van der Waals surface area contributed by atoms with E-state index in [1.165, 1.54) is 24.3 Å². The lowest BCUT2D eigenvalue weighted by atomic mass is 10.1. The summed E-state index contributed by atoms with van der Waals surface area (Å²) in [6.45, 7) is -0.488. The summed E-state index contributed by atoms with van der Waals surface area (Å²) in [7, 11) is 0. The number of aliphatic hydroxyl groups excluding tert-OH is 1. The summed E-state index contributed by atoms with van der Waals surface area (Å²) in [5.41, 5.74) is 1.52. The quantitative estimate of drug-likeness (QED) is 0.772. The molecule has 0 aliphatic carbocycles. The van der Waals surface area contributed by atoms with Gasteiger partial charge in [0.15, 0.2) is 0 Å². The SMILES string of the molecule is Cc1cnn(CCC(=O)NCC(O)c2ccc(OC(F)F)cc2)c1. The Morgan fingerprint density at radius 3 is 2.67 bits per heavy atom. The number of aryl methyl sites for hydroxylation is 2. The average Bonchev–Trinajstić information content (AvgIpc) is 2.96. The number of hydrogen-bond acceptors (Lipinski definition) is 4. The van der Waals surface area contributed by atoms with E-state index in [2.05, 4.69) is 15.2 Å². The average molecular weight is 339 g/mol. The molecule has 1 atom stereocenters. The van der Waals surface area contributed by atoms with Crippen molar-refractivity contribution < 1.29 is 23.4 Å². The van der Waals surface area contributed by atoms with Crippen LogP contribution in [0.3, 0.4) is 0 Å². The van der Waals surface area contributed by atoms with Crippen LogP contribution in [-0.4, -0.2) is 34.0 Å². The molecule has 0 aliphatic heterocycles. The molecule has 1 heterocycles. The van der Waals surface area contributed by atoms with Crippen molar-refractivity contribution in [2.24, 2.45) is 0 Å². The van der Waals surface area contributed by atoms with Gasteiger partial charge in [0, 0.05) is 25.7 Å². The number of halogens is 2. The Hall–Kier alpha value is -2.48. The minimum absolute atomic E-state index is 0.0134. The van der Waals surface area contributed by atoms with Crippen LogP contribution in [0.2, 0.25) is 0 Å². The molecular formula is C16H19F2N3O3. The van der Waals surface area contributed by atoms with Crippen molar-refractivity contribution in [2.45, 2.75) is 32.6 Å². The van der Waals surface area contributed by atoms with Crippen molar-refractivity contribution in [2.75, 3.05) is 6.54 Å². The molecule has 0 fully saturated rings. The number of ether oxygens (including phenoxy) is 1. The molecule has 0 spiro atoms. The van der Waals surface area contributed by atoms with Gasteiger partial charge in [0.05, 0.1) is 12.3 Å². The molecule has 1 unspecified atom stereocenters. The van der Waals surface area contributed by atoms with Crippen molar-refractivity contribution >= 4 is 5.91 Å². The molecular weight excluding hydrogens is 320 g/mol. The van der Waals surface area contributed by atoms with Gasteiger partial charge in [0.2, 0.25) is 5.91 Å². The molecule has 24 heavy (non-hydrogen) atoms. The highest BCUT2D eigenvalue weighted by Crippen LogP contribution is 2.19. The highest BCUT2D eigenvalue weighted by Gasteiger charge is 2.11. The number of alkyl halides is 2. The minimum Gasteiger partial charge on any atom is -0.435 e. The van der Waals surface area contributed by atoms with Gasteiger partial charge in [-0.2, -0.15) is 13.9 Å². The van der Waals surface area contributed by atoms with Gasteiger partial charge in [-0.25, -0.2) is 0 Å². The van der Waals surface area contributed by atoms with Crippen LogP contribution in [0.4, 0.5) is 8.78 Å². The van der Waals surface area contributed by atoms with Crippen LogP contribution in [0.15, 0.2) is 36.7 Å². The third kappa shape index (κ3) is 5.62. The summed E-state index contributed by atoms with van der Waals surface area (Å²) in [6, 6.07) is 5.63. The van der Waals surface area contributed by atoms with Crippen molar-refractivity contribution in [1.29, 1.82) is 0 Å². The number of carbonyl (C=O) groups excluding carboxylic acids is 1. The van der Waals surface area contributed by atoms with Gasteiger partial charge in [-0.3, -0.25) is 9.48 Å². The van der Waals surface area contributed by atoms with Crippen molar-refractivity contribution in [3.05, 3.63) is 47.8 Å². The van der Waals surface area contributed by atoms with E-state index in [1.807, 2.05) is 13.1 Å². The lowest BCUT2D eigenvalue weighted by Crippen LogP contribution is -2.29. The maximum absolute atomic E-state index is 12.1. The van der Waals surface area contributed by atoms with Crippen LogP contribution in [0.1, 0.15) is 23.7 Å². The standard InChI is InChI=1S/C16H19F2N3O3/c1-11-8-20-21(10-11)7-6-15(23)19-9-14(22)12-2-4-13(5-3-12)24-16(17)18/h2-5,8,10,14,16,22H,6-7,9H2,1H3,(H,19,23). The van der Waals surface area contributed by atoms with Crippen molar-refractivity contribution in [3.63, 3.8) is 0 Å². The molecule has 6 nitrogen and oxygen atoms in total. The number of rotatable bonds is 8. The Morgan fingerprint density at radius 2 is 2.08 bits per heavy atom. The fraction of sp³-hybridized carbons (Fsp3) is 0.375. The molecule has 8 heteroatoms. The second-order valence-corrected chi connectivity index (χ2v) is 5.30. The molecule has 0 saturated carbocycles. The summed E-state index contributed by atoms with van der Waals surface area (Å²) in [4.78, 5) is 11.8. The van der Waals surface area contributed by atoms with E-state index >= 15 is 0 Å². The lowest BCUT2D eigenvalue weighted by Gasteiger charge is -2.13. The predicted octanol–water partition coefficient (Wildman–Crippen LogP) is 2.03. The summed E-state index contributed by atoms with van der Waals surface area (Å²) in [5.74, 6) is -0.195. The number of carbonyl (C=O) groups is 1. The van der Waals surface area contributed by atoms with E-state index in [0.717, 1.165) is 5.56 Å². The second-order valence-electron chi connectivity index (χ2n) is 5.30. The third-order valence-electron chi connectivity index (χ3n) is 3.31. The van der Waals surface area contributed by atoms with Crippen molar-refractivity contribution in [3.8, 4) is 5.75 Å². The van der Waals surface area contributed by atoms with Gasteiger partial charge in [-0.1, -0.05) is 12.1 Å². The minimum atomic E-state index is -2.89. The number of hydrogen-bond donors (Lipinski definition) is 2. The summed E-state index contributed by atoms with van der Waals surface area (Å²) >= 11 is 0. The topological polar surface area (TPSA) is 76.4 Å². The summed E-state index contributed by atoms with van der Waals surface area (Å²) in [5, 5.41) is 16.7. The Balaban J connectivity index is 1.75. The van der Waals surface area contributed by atoms with Crippen LogP contribution in [0.25, 0.3) is 0 Å². The molecule has 0 aliphatic rings. The normalized spacial score (nSPS) is 12.2. The first kappa shape index (κ1) is 17.9. The van der Waals surface area contributed by atoms with E-state index in [-0.39, 0.29) is 24.6 Å². The van der Waals surface area contributed by atoms with Crippen LogP contribution in [0, 0.1) is 6.92 Å². The van der Waals surface area contributed by atoms with Crippen LogP contribution < -0.4 is 10.1 Å². The molecule has 0 radical (unpaired) electrons. The van der Waals surface area contributed by atoms with Crippen molar-refractivity contribution in [1.82, 2.24) is 15.1 Å². The van der Waals surface area contributed by atoms with Gasteiger partial charge < -0.3 is 15.2 Å². The van der Waals surface area contributed by atoms with E-state index in [1.54, 1.807) is 10.9 Å². The number of aliphatic hydroxyl groups is 1. The number of amides is 1. The predicted molar refractivity (Wildman–Crippen MR) is 82.6 cm³/mol. The van der Waals surface area contributed by atoms with Gasteiger partial charge in [-0.05, 0) is 30.2 Å². The monoisotopic (exact) mass is 339 g/mol. The molecule has 1 amide bonds. The van der Waals surface area contributed by atoms with E-state index in [9.17, 15) is 18.7 Å². The zero-order valence-corrected chi connectivity index (χ0v) is 13.2. The zero-order valence-electron chi connectivity index (χ0n) is 13.2. The Labute approximate surface area is 138 Å². The lowest BCUT2D eigenvalue weighted by molar-refractivity contribution is -0.121. The highest BCUT2D eigenvalue weighted by atomic mass is 19.3. The highest BCUT2D eigenvalue weighted by molar-refractivity contribution is 5.75. The number of aromatic nitrogens is 2. The van der Waals surface area contributed by atoms with E-state index in [4.69, 9.17) is 0 Å². The van der Waals surface area contributed by atoms with Crippen LogP contribution >= 0.6 is 0 Å². The maximum Gasteiger partial charge on any atom is 0.387 e. The number of nitrogens with one attached hydrogen (secondary N) is 1. The molecule has 2 aromatic rings. The Bertz CT molecular complexity index is 659.